The summed E-state index contributed by atoms with van der Waals surface area (Å²) in [6.07, 6.45) is 1.33. The Balaban J connectivity index is 1.89. The number of rotatable bonds is 5. The minimum atomic E-state index is -0.352. The minimum Gasteiger partial charge on any atom is -0.368 e. The molecule has 0 spiro atoms. The summed E-state index contributed by atoms with van der Waals surface area (Å²) in [6, 6.07) is 6.98. The molecule has 1 aromatic rings. The quantitative estimate of drug-likeness (QED) is 0.763. The maximum Gasteiger partial charge on any atom is 0.253 e. The predicted molar refractivity (Wildman–Crippen MR) is 80.9 cm³/mol. The van der Waals surface area contributed by atoms with Gasteiger partial charge in [0.25, 0.3) is 5.91 Å². The summed E-state index contributed by atoms with van der Waals surface area (Å²) in [5, 5.41) is 5.57. The van der Waals surface area contributed by atoms with E-state index in [2.05, 4.69) is 10.6 Å². The fourth-order valence-electron chi connectivity index (χ4n) is 2.02. The zero-order chi connectivity index (χ0) is 15.2. The first kappa shape index (κ1) is 15.5. The molecule has 1 aromatic carbocycles. The molecule has 2 rings (SSSR count). The van der Waals surface area contributed by atoms with Crippen LogP contribution in [-0.4, -0.2) is 31.1 Å². The Kier molecular flexibility index (Phi) is 5.30. The van der Waals surface area contributed by atoms with Crippen LogP contribution in [0.4, 0.5) is 11.4 Å². The van der Waals surface area contributed by atoms with Gasteiger partial charge in [-0.25, -0.2) is 0 Å². The van der Waals surface area contributed by atoms with Gasteiger partial charge in [0, 0.05) is 30.4 Å². The molecule has 1 fully saturated rings. The zero-order valence-electron chi connectivity index (χ0n) is 12.1. The van der Waals surface area contributed by atoms with Crippen LogP contribution in [0, 0.1) is 5.92 Å². The van der Waals surface area contributed by atoms with E-state index in [0.29, 0.717) is 24.5 Å². The Labute approximate surface area is 124 Å². The number of amides is 2. The number of nitrogens with one attached hydrogen (secondary N) is 2. The molecular formula is C15H21N3O3. The molecule has 114 valence electrons. The second-order valence-corrected chi connectivity index (χ2v) is 5.19. The van der Waals surface area contributed by atoms with Gasteiger partial charge < -0.3 is 21.1 Å². The van der Waals surface area contributed by atoms with Crippen LogP contribution in [0.5, 0.6) is 0 Å². The van der Waals surface area contributed by atoms with E-state index in [9.17, 15) is 9.59 Å². The van der Waals surface area contributed by atoms with E-state index in [1.807, 2.05) is 0 Å². The first-order valence-electron chi connectivity index (χ1n) is 7.13. The maximum absolute atomic E-state index is 11.9. The number of benzene rings is 1. The van der Waals surface area contributed by atoms with Gasteiger partial charge in [-0.15, -0.1) is 0 Å². The Morgan fingerprint density at radius 1 is 1.29 bits per heavy atom. The molecule has 0 aromatic heterocycles. The molecule has 1 heterocycles. The number of hydrogen-bond acceptors (Lipinski definition) is 4. The fourth-order valence-corrected chi connectivity index (χ4v) is 2.02. The standard InChI is InChI=1S/C15H21N3O3/c1-10(9-16)14(19)17-11-4-6-12(7-5-11)18-15(20)13-3-2-8-21-13/h4-7,10,13H,2-3,8-9,16H2,1H3,(H,17,19)(H,18,20). The van der Waals surface area contributed by atoms with Crippen LogP contribution in [0.15, 0.2) is 24.3 Å². The number of hydrogen-bond donors (Lipinski definition) is 3. The molecule has 0 radical (unpaired) electrons. The molecule has 0 saturated carbocycles. The van der Waals surface area contributed by atoms with Gasteiger partial charge in [0.1, 0.15) is 6.10 Å². The van der Waals surface area contributed by atoms with E-state index >= 15 is 0 Å². The molecule has 21 heavy (non-hydrogen) atoms. The van der Waals surface area contributed by atoms with Crippen LogP contribution in [0.3, 0.4) is 0 Å². The van der Waals surface area contributed by atoms with Gasteiger partial charge in [0.2, 0.25) is 5.91 Å². The first-order chi connectivity index (χ1) is 10.1. The van der Waals surface area contributed by atoms with Crippen LogP contribution < -0.4 is 16.4 Å². The van der Waals surface area contributed by atoms with Crippen molar-refractivity contribution in [3.8, 4) is 0 Å². The van der Waals surface area contributed by atoms with Crippen LogP contribution in [0.1, 0.15) is 19.8 Å². The van der Waals surface area contributed by atoms with Crippen LogP contribution in [0.2, 0.25) is 0 Å². The van der Waals surface area contributed by atoms with Gasteiger partial charge in [-0.2, -0.15) is 0 Å². The summed E-state index contributed by atoms with van der Waals surface area (Å²) in [6.45, 7) is 2.72. The van der Waals surface area contributed by atoms with Crippen molar-refractivity contribution in [1.82, 2.24) is 0 Å². The molecule has 2 unspecified atom stereocenters. The Hall–Kier alpha value is -1.92. The predicted octanol–water partition coefficient (Wildman–Crippen LogP) is 1.34. The van der Waals surface area contributed by atoms with Crippen LogP contribution in [-0.2, 0) is 14.3 Å². The highest BCUT2D eigenvalue weighted by atomic mass is 16.5. The second kappa shape index (κ2) is 7.19. The fraction of sp³-hybridized carbons (Fsp3) is 0.467. The minimum absolute atomic E-state index is 0.117. The lowest BCUT2D eigenvalue weighted by Gasteiger charge is -2.12. The highest BCUT2D eigenvalue weighted by Crippen LogP contribution is 2.17. The number of carbonyl (C=O) groups is 2. The average Bonchev–Trinajstić information content (AvgIpc) is 3.02. The molecule has 0 aliphatic carbocycles. The van der Waals surface area contributed by atoms with Gasteiger partial charge in [0.05, 0.1) is 0 Å². The van der Waals surface area contributed by atoms with Crippen molar-refractivity contribution >= 4 is 23.2 Å². The lowest BCUT2D eigenvalue weighted by atomic mass is 10.1. The topological polar surface area (TPSA) is 93.5 Å². The third-order valence-electron chi connectivity index (χ3n) is 3.44. The summed E-state index contributed by atoms with van der Waals surface area (Å²) >= 11 is 0. The van der Waals surface area contributed by atoms with Gasteiger partial charge in [0.15, 0.2) is 0 Å². The van der Waals surface area contributed by atoms with Crippen LogP contribution in [0.25, 0.3) is 0 Å². The van der Waals surface area contributed by atoms with Crippen molar-refractivity contribution in [2.24, 2.45) is 11.7 Å². The number of ether oxygens (including phenoxy) is 1. The Morgan fingerprint density at radius 3 is 2.43 bits per heavy atom. The monoisotopic (exact) mass is 291 g/mol. The smallest absolute Gasteiger partial charge is 0.253 e. The molecule has 6 nitrogen and oxygen atoms in total. The normalized spacial score (nSPS) is 19.0. The summed E-state index contributed by atoms with van der Waals surface area (Å²) in [7, 11) is 0. The average molecular weight is 291 g/mol. The molecule has 6 heteroatoms. The summed E-state index contributed by atoms with van der Waals surface area (Å²) in [5.74, 6) is -0.474. The van der Waals surface area contributed by atoms with Crippen molar-refractivity contribution < 1.29 is 14.3 Å². The van der Waals surface area contributed by atoms with Gasteiger partial charge in [-0.3, -0.25) is 9.59 Å². The highest BCUT2D eigenvalue weighted by molar-refractivity contribution is 5.95. The maximum atomic E-state index is 11.9. The molecule has 1 aliphatic rings. The largest absolute Gasteiger partial charge is 0.368 e. The molecule has 1 aliphatic heterocycles. The first-order valence-corrected chi connectivity index (χ1v) is 7.13. The van der Waals surface area contributed by atoms with E-state index in [1.54, 1.807) is 31.2 Å². The van der Waals surface area contributed by atoms with Crippen molar-refractivity contribution in [3.63, 3.8) is 0 Å². The van der Waals surface area contributed by atoms with Crippen LogP contribution >= 0.6 is 0 Å². The summed E-state index contributed by atoms with van der Waals surface area (Å²) in [5.41, 5.74) is 6.80. The lowest BCUT2D eigenvalue weighted by Crippen LogP contribution is -2.27. The van der Waals surface area contributed by atoms with E-state index in [-0.39, 0.29) is 23.8 Å². The molecule has 2 amide bonds. The third kappa shape index (κ3) is 4.27. The van der Waals surface area contributed by atoms with E-state index < -0.39 is 0 Å². The number of nitrogens with two attached hydrogens (primary N) is 1. The molecule has 4 N–H and O–H groups in total. The molecule has 0 bridgehead atoms. The number of carbonyl (C=O) groups excluding carboxylic acids is 2. The SMILES string of the molecule is CC(CN)C(=O)Nc1ccc(NC(=O)C2CCCO2)cc1. The van der Waals surface area contributed by atoms with Crippen molar-refractivity contribution in [1.29, 1.82) is 0 Å². The number of anilines is 2. The van der Waals surface area contributed by atoms with E-state index in [4.69, 9.17) is 10.5 Å². The van der Waals surface area contributed by atoms with Crippen molar-refractivity contribution in [3.05, 3.63) is 24.3 Å². The second-order valence-electron chi connectivity index (χ2n) is 5.19. The highest BCUT2D eigenvalue weighted by Gasteiger charge is 2.23. The summed E-state index contributed by atoms with van der Waals surface area (Å²) < 4.78 is 5.32. The molecule has 1 saturated heterocycles. The van der Waals surface area contributed by atoms with Gasteiger partial charge >= 0.3 is 0 Å². The van der Waals surface area contributed by atoms with E-state index in [1.165, 1.54) is 0 Å². The molecular weight excluding hydrogens is 270 g/mol. The third-order valence-corrected chi connectivity index (χ3v) is 3.44. The Bertz CT molecular complexity index is 495. The zero-order valence-corrected chi connectivity index (χ0v) is 12.1. The van der Waals surface area contributed by atoms with Gasteiger partial charge in [-0.05, 0) is 37.1 Å². The Morgan fingerprint density at radius 2 is 1.90 bits per heavy atom. The van der Waals surface area contributed by atoms with E-state index in [0.717, 1.165) is 12.8 Å². The molecule has 2 atom stereocenters. The van der Waals surface area contributed by atoms with Crippen molar-refractivity contribution in [2.45, 2.75) is 25.9 Å². The lowest BCUT2D eigenvalue weighted by molar-refractivity contribution is -0.124. The summed E-state index contributed by atoms with van der Waals surface area (Å²) in [4.78, 5) is 23.6. The van der Waals surface area contributed by atoms with Gasteiger partial charge in [-0.1, -0.05) is 6.92 Å². The van der Waals surface area contributed by atoms with Crippen molar-refractivity contribution in [2.75, 3.05) is 23.8 Å².